The van der Waals surface area contributed by atoms with Gasteiger partial charge in [-0.25, -0.2) is 4.98 Å². The summed E-state index contributed by atoms with van der Waals surface area (Å²) >= 11 is 0. The van der Waals surface area contributed by atoms with Gasteiger partial charge in [0.15, 0.2) is 5.82 Å². The van der Waals surface area contributed by atoms with Gasteiger partial charge in [0.1, 0.15) is 5.76 Å². The van der Waals surface area contributed by atoms with Crippen molar-refractivity contribution in [3.05, 3.63) is 29.1 Å². The van der Waals surface area contributed by atoms with E-state index in [1.165, 1.54) is 0 Å². The highest BCUT2D eigenvalue weighted by Crippen LogP contribution is 2.21. The van der Waals surface area contributed by atoms with Crippen molar-refractivity contribution in [3.63, 3.8) is 0 Å². The lowest BCUT2D eigenvalue weighted by molar-refractivity contribution is 0.0796. The quantitative estimate of drug-likeness (QED) is 0.804. The molecule has 3 rings (SSSR count). The molecule has 0 aromatic carbocycles. The van der Waals surface area contributed by atoms with E-state index in [-0.39, 0.29) is 6.04 Å². The van der Waals surface area contributed by atoms with Gasteiger partial charge < -0.3 is 8.94 Å². The third-order valence-electron chi connectivity index (χ3n) is 4.70. The second kappa shape index (κ2) is 7.44. The van der Waals surface area contributed by atoms with Crippen LogP contribution in [0.3, 0.4) is 0 Å². The summed E-state index contributed by atoms with van der Waals surface area (Å²) in [7, 11) is 0. The van der Waals surface area contributed by atoms with Crippen LogP contribution in [0.1, 0.15) is 55.4 Å². The molecule has 0 aliphatic carbocycles. The minimum Gasteiger partial charge on any atom is -0.444 e. The third-order valence-corrected chi connectivity index (χ3v) is 4.70. The number of oxazole rings is 1. The van der Waals surface area contributed by atoms with E-state index in [1.54, 1.807) is 0 Å². The largest absolute Gasteiger partial charge is 0.444 e. The maximum atomic E-state index is 5.69. The minimum absolute atomic E-state index is 0.163. The molecular formula is C17H27N5O2. The third kappa shape index (κ3) is 3.84. The molecule has 7 heteroatoms. The maximum Gasteiger partial charge on any atom is 0.243 e. The molecule has 0 radical (unpaired) electrons. The Labute approximate surface area is 143 Å². The molecule has 24 heavy (non-hydrogen) atoms. The first-order valence-corrected chi connectivity index (χ1v) is 8.78. The van der Waals surface area contributed by atoms with E-state index >= 15 is 0 Å². The lowest BCUT2D eigenvalue weighted by Crippen LogP contribution is -2.46. The van der Waals surface area contributed by atoms with Gasteiger partial charge in [-0.1, -0.05) is 12.1 Å². The average molecular weight is 333 g/mol. The molecule has 0 saturated carbocycles. The highest BCUT2D eigenvalue weighted by atomic mass is 16.5. The zero-order chi connectivity index (χ0) is 17.1. The van der Waals surface area contributed by atoms with Crippen LogP contribution in [0.2, 0.25) is 0 Å². The summed E-state index contributed by atoms with van der Waals surface area (Å²) in [5, 5.41) is 4.06. The molecule has 1 unspecified atom stereocenters. The number of piperazine rings is 1. The summed E-state index contributed by atoms with van der Waals surface area (Å²) in [6, 6.07) is 0.163. The van der Waals surface area contributed by atoms with Crippen molar-refractivity contribution in [2.45, 2.75) is 53.1 Å². The van der Waals surface area contributed by atoms with Gasteiger partial charge in [0.05, 0.1) is 18.3 Å². The van der Waals surface area contributed by atoms with Crippen molar-refractivity contribution in [1.29, 1.82) is 0 Å². The summed E-state index contributed by atoms with van der Waals surface area (Å²) in [5.74, 6) is 3.27. The molecule has 1 fully saturated rings. The topological polar surface area (TPSA) is 71.4 Å². The Balaban J connectivity index is 1.52. The zero-order valence-corrected chi connectivity index (χ0v) is 15.1. The Morgan fingerprint density at radius 2 is 1.88 bits per heavy atom. The highest BCUT2D eigenvalue weighted by molar-refractivity contribution is 5.05. The first-order chi connectivity index (χ1) is 11.6. The van der Waals surface area contributed by atoms with Crippen LogP contribution in [0.5, 0.6) is 0 Å². The van der Waals surface area contributed by atoms with Gasteiger partial charge in [0.2, 0.25) is 11.8 Å². The Morgan fingerprint density at radius 1 is 1.12 bits per heavy atom. The van der Waals surface area contributed by atoms with Crippen LogP contribution < -0.4 is 0 Å². The van der Waals surface area contributed by atoms with Crippen molar-refractivity contribution >= 4 is 0 Å². The van der Waals surface area contributed by atoms with Crippen LogP contribution in [0.25, 0.3) is 0 Å². The first-order valence-electron chi connectivity index (χ1n) is 8.78. The predicted octanol–water partition coefficient (Wildman–Crippen LogP) is 2.51. The molecule has 1 atom stereocenters. The van der Waals surface area contributed by atoms with Gasteiger partial charge in [0.25, 0.3) is 0 Å². The van der Waals surface area contributed by atoms with Gasteiger partial charge in [-0.15, -0.1) is 0 Å². The van der Waals surface area contributed by atoms with E-state index in [1.807, 2.05) is 13.8 Å². The lowest BCUT2D eigenvalue weighted by atomic mass is 10.2. The van der Waals surface area contributed by atoms with Crippen molar-refractivity contribution in [2.75, 3.05) is 26.2 Å². The molecule has 0 amide bonds. The van der Waals surface area contributed by atoms with Crippen molar-refractivity contribution in [1.82, 2.24) is 24.9 Å². The average Bonchev–Trinajstić information content (AvgIpc) is 3.15. The molecule has 0 spiro atoms. The first kappa shape index (κ1) is 17.1. The predicted molar refractivity (Wildman–Crippen MR) is 89.5 cm³/mol. The molecule has 1 saturated heterocycles. The molecule has 2 aromatic heterocycles. The minimum atomic E-state index is 0.163. The van der Waals surface area contributed by atoms with Crippen LogP contribution in [0.15, 0.2) is 8.94 Å². The monoisotopic (exact) mass is 333 g/mol. The molecule has 3 heterocycles. The number of hydrogen-bond acceptors (Lipinski definition) is 7. The van der Waals surface area contributed by atoms with Crippen molar-refractivity contribution in [3.8, 4) is 0 Å². The Bertz CT molecular complexity index is 638. The molecule has 132 valence electrons. The van der Waals surface area contributed by atoms with Crippen LogP contribution >= 0.6 is 0 Å². The van der Waals surface area contributed by atoms with Crippen LogP contribution in [-0.4, -0.2) is 51.1 Å². The summed E-state index contributed by atoms with van der Waals surface area (Å²) in [6.45, 7) is 12.9. The Kier molecular flexibility index (Phi) is 5.30. The zero-order valence-electron chi connectivity index (χ0n) is 15.1. The van der Waals surface area contributed by atoms with Gasteiger partial charge in [-0.3, -0.25) is 9.80 Å². The van der Waals surface area contributed by atoms with E-state index in [4.69, 9.17) is 8.94 Å². The van der Waals surface area contributed by atoms with Gasteiger partial charge in [-0.05, 0) is 27.2 Å². The van der Waals surface area contributed by atoms with E-state index < -0.39 is 0 Å². The standard InChI is InChI=1S/C17H27N5O2/c1-5-6-15-19-17(24-20-15)13(3)22-9-7-21(8-10-22)11-16-18-12(2)14(4)23-16/h13H,5-11H2,1-4H3. The molecular weight excluding hydrogens is 306 g/mol. The number of aryl methyl sites for hydroxylation is 3. The number of nitrogens with zero attached hydrogens (tertiary/aromatic N) is 5. The van der Waals surface area contributed by atoms with Crippen LogP contribution in [0.4, 0.5) is 0 Å². The normalized spacial score (nSPS) is 18.2. The number of hydrogen-bond donors (Lipinski definition) is 0. The summed E-state index contributed by atoms with van der Waals surface area (Å²) in [4.78, 5) is 13.8. The van der Waals surface area contributed by atoms with Crippen molar-refractivity contribution in [2.24, 2.45) is 0 Å². The lowest BCUT2D eigenvalue weighted by Gasteiger charge is -2.36. The van der Waals surface area contributed by atoms with E-state index in [2.05, 4.69) is 38.8 Å². The molecule has 1 aliphatic rings. The molecule has 1 aliphatic heterocycles. The fourth-order valence-electron chi connectivity index (χ4n) is 3.03. The van der Waals surface area contributed by atoms with Gasteiger partial charge in [0, 0.05) is 32.6 Å². The molecule has 7 nitrogen and oxygen atoms in total. The fraction of sp³-hybridized carbons (Fsp3) is 0.706. The maximum absolute atomic E-state index is 5.69. The van der Waals surface area contributed by atoms with Crippen LogP contribution in [-0.2, 0) is 13.0 Å². The molecule has 0 N–H and O–H groups in total. The van der Waals surface area contributed by atoms with Crippen LogP contribution in [0, 0.1) is 13.8 Å². The van der Waals surface area contributed by atoms with E-state index in [0.717, 1.165) is 74.6 Å². The van der Waals surface area contributed by atoms with Gasteiger partial charge in [-0.2, -0.15) is 4.98 Å². The molecule has 2 aromatic rings. The summed E-state index contributed by atoms with van der Waals surface area (Å²) in [5.41, 5.74) is 0.983. The molecule has 0 bridgehead atoms. The Hall–Kier alpha value is -1.73. The second-order valence-electron chi connectivity index (χ2n) is 6.54. The highest BCUT2D eigenvalue weighted by Gasteiger charge is 2.26. The van der Waals surface area contributed by atoms with E-state index in [0.29, 0.717) is 0 Å². The SMILES string of the molecule is CCCc1noc(C(C)N2CCN(Cc3nc(C)c(C)o3)CC2)n1. The summed E-state index contributed by atoms with van der Waals surface area (Å²) < 4.78 is 11.1. The van der Waals surface area contributed by atoms with E-state index in [9.17, 15) is 0 Å². The second-order valence-corrected chi connectivity index (χ2v) is 6.54. The number of aromatic nitrogens is 3. The number of rotatable bonds is 6. The fourth-order valence-corrected chi connectivity index (χ4v) is 3.03. The van der Waals surface area contributed by atoms with Gasteiger partial charge >= 0.3 is 0 Å². The Morgan fingerprint density at radius 3 is 2.50 bits per heavy atom. The smallest absolute Gasteiger partial charge is 0.243 e. The summed E-state index contributed by atoms with van der Waals surface area (Å²) in [6.07, 6.45) is 1.91. The van der Waals surface area contributed by atoms with Crippen molar-refractivity contribution < 1.29 is 8.94 Å².